The lowest BCUT2D eigenvalue weighted by Gasteiger charge is -2.06. The van der Waals surface area contributed by atoms with E-state index in [2.05, 4.69) is 15.3 Å². The molecule has 0 unspecified atom stereocenters. The van der Waals surface area contributed by atoms with Gasteiger partial charge in [0.2, 0.25) is 5.95 Å². The Hall–Kier alpha value is -2.21. The van der Waals surface area contributed by atoms with Crippen LogP contribution in [0.25, 0.3) is 0 Å². The van der Waals surface area contributed by atoms with Crippen LogP contribution in [0.5, 0.6) is 5.75 Å². The number of carbonyl (C=O) groups excluding carboxylic acids is 1. The molecule has 0 atom stereocenters. The number of rotatable bonds is 2. The molecule has 7 heteroatoms. The molecule has 0 saturated carbocycles. The van der Waals surface area contributed by atoms with Gasteiger partial charge in [-0.3, -0.25) is 10.1 Å². The van der Waals surface area contributed by atoms with Crippen LogP contribution < -0.4 is 5.32 Å². The van der Waals surface area contributed by atoms with E-state index in [-0.39, 0.29) is 22.4 Å². The van der Waals surface area contributed by atoms with E-state index in [0.29, 0.717) is 5.69 Å². The molecule has 2 N–H and O–H groups in total. The van der Waals surface area contributed by atoms with Crippen molar-refractivity contribution in [2.75, 3.05) is 5.32 Å². The molecule has 2 aromatic rings. The van der Waals surface area contributed by atoms with Crippen molar-refractivity contribution in [3.63, 3.8) is 0 Å². The van der Waals surface area contributed by atoms with E-state index < -0.39 is 11.7 Å². The fourth-order valence-electron chi connectivity index (χ4n) is 1.45. The molecule has 0 saturated heterocycles. The van der Waals surface area contributed by atoms with Gasteiger partial charge in [-0.1, -0.05) is 11.6 Å². The second kappa shape index (κ2) is 5.19. The Morgan fingerprint density at radius 1 is 1.37 bits per heavy atom. The summed E-state index contributed by atoms with van der Waals surface area (Å²) in [5.74, 6) is -1.71. The van der Waals surface area contributed by atoms with Gasteiger partial charge in [0.1, 0.15) is 16.7 Å². The predicted octanol–water partition coefficient (Wildman–Crippen LogP) is 2.54. The molecule has 1 heterocycles. The van der Waals surface area contributed by atoms with Crippen molar-refractivity contribution in [3.8, 4) is 5.75 Å². The van der Waals surface area contributed by atoms with Gasteiger partial charge < -0.3 is 5.11 Å². The number of phenols is 1. The maximum absolute atomic E-state index is 13.0. The number of anilines is 1. The van der Waals surface area contributed by atoms with E-state index >= 15 is 0 Å². The second-order valence-electron chi connectivity index (χ2n) is 3.77. The molecule has 0 bridgehead atoms. The molecular formula is C12H9ClFN3O2. The molecule has 0 aliphatic heterocycles. The maximum atomic E-state index is 13.0. The number of benzene rings is 1. The third kappa shape index (κ3) is 3.17. The number of nitrogens with zero attached hydrogens (tertiary/aromatic N) is 2. The van der Waals surface area contributed by atoms with Crippen molar-refractivity contribution in [1.29, 1.82) is 0 Å². The van der Waals surface area contributed by atoms with E-state index in [9.17, 15) is 14.3 Å². The molecule has 2 rings (SSSR count). The van der Waals surface area contributed by atoms with Crippen LogP contribution in [-0.2, 0) is 0 Å². The Labute approximate surface area is 113 Å². The molecule has 0 radical (unpaired) electrons. The third-order valence-corrected chi connectivity index (χ3v) is 2.45. The maximum Gasteiger partial charge on any atom is 0.261 e. The molecule has 0 fully saturated rings. The van der Waals surface area contributed by atoms with Crippen molar-refractivity contribution in [3.05, 3.63) is 46.5 Å². The summed E-state index contributed by atoms with van der Waals surface area (Å²) in [4.78, 5) is 19.6. The summed E-state index contributed by atoms with van der Waals surface area (Å²) in [5.41, 5.74) is 0.361. The van der Waals surface area contributed by atoms with Crippen molar-refractivity contribution in [2.24, 2.45) is 0 Å². The summed E-state index contributed by atoms with van der Waals surface area (Å²) in [6, 6.07) is 4.58. The first-order valence-electron chi connectivity index (χ1n) is 5.27. The quantitative estimate of drug-likeness (QED) is 0.830. The van der Waals surface area contributed by atoms with Gasteiger partial charge in [-0.25, -0.2) is 14.4 Å². The first kappa shape index (κ1) is 13.2. The number of hydrogen-bond acceptors (Lipinski definition) is 4. The minimum absolute atomic E-state index is 0.0151. The van der Waals surface area contributed by atoms with Crippen molar-refractivity contribution in [1.82, 2.24) is 9.97 Å². The van der Waals surface area contributed by atoms with E-state index in [4.69, 9.17) is 11.6 Å². The number of phenolic OH excluding ortho intramolecular Hbond substituents is 1. The van der Waals surface area contributed by atoms with Gasteiger partial charge in [0.25, 0.3) is 5.91 Å². The minimum atomic E-state index is -0.723. The van der Waals surface area contributed by atoms with Gasteiger partial charge in [0.05, 0.1) is 5.56 Å². The van der Waals surface area contributed by atoms with Gasteiger partial charge in [0.15, 0.2) is 0 Å². The molecule has 1 aromatic heterocycles. The number of nitrogens with one attached hydrogen (secondary N) is 1. The fraction of sp³-hybridized carbons (Fsp3) is 0.0833. The lowest BCUT2D eigenvalue weighted by Crippen LogP contribution is -2.15. The van der Waals surface area contributed by atoms with Gasteiger partial charge in [0, 0.05) is 5.69 Å². The first-order valence-corrected chi connectivity index (χ1v) is 5.64. The van der Waals surface area contributed by atoms with Crippen LogP contribution in [0.15, 0.2) is 24.3 Å². The molecule has 0 spiro atoms. The van der Waals surface area contributed by atoms with Crippen LogP contribution in [0, 0.1) is 12.7 Å². The summed E-state index contributed by atoms with van der Waals surface area (Å²) < 4.78 is 13.0. The highest BCUT2D eigenvalue weighted by Crippen LogP contribution is 2.19. The molecule has 1 aromatic carbocycles. The average Bonchev–Trinajstić information content (AvgIpc) is 2.30. The zero-order chi connectivity index (χ0) is 14.0. The van der Waals surface area contributed by atoms with E-state index in [1.165, 1.54) is 6.07 Å². The van der Waals surface area contributed by atoms with Crippen LogP contribution in [0.1, 0.15) is 16.1 Å². The Bertz CT molecular complexity index is 629. The van der Waals surface area contributed by atoms with Crippen LogP contribution in [0.4, 0.5) is 10.3 Å². The summed E-state index contributed by atoms with van der Waals surface area (Å²) in [7, 11) is 0. The number of hydrogen-bond donors (Lipinski definition) is 2. The second-order valence-corrected chi connectivity index (χ2v) is 4.16. The average molecular weight is 282 g/mol. The molecule has 0 aliphatic carbocycles. The Balaban J connectivity index is 2.28. The van der Waals surface area contributed by atoms with Gasteiger partial charge in [-0.15, -0.1) is 0 Å². The van der Waals surface area contributed by atoms with Crippen molar-refractivity contribution < 1.29 is 14.3 Å². The predicted molar refractivity (Wildman–Crippen MR) is 67.8 cm³/mol. The zero-order valence-corrected chi connectivity index (χ0v) is 10.6. The van der Waals surface area contributed by atoms with Crippen LogP contribution in [-0.4, -0.2) is 21.0 Å². The topological polar surface area (TPSA) is 75.1 Å². The van der Waals surface area contributed by atoms with Crippen LogP contribution in [0.2, 0.25) is 5.15 Å². The SMILES string of the molecule is Cc1cc(Cl)nc(NC(=O)c2cc(F)ccc2O)n1. The molecule has 5 nitrogen and oxygen atoms in total. The van der Waals surface area contributed by atoms with Gasteiger partial charge in [-0.2, -0.15) is 0 Å². The highest BCUT2D eigenvalue weighted by molar-refractivity contribution is 6.29. The largest absolute Gasteiger partial charge is 0.507 e. The highest BCUT2D eigenvalue weighted by Gasteiger charge is 2.14. The number of aryl methyl sites for hydroxylation is 1. The molecular weight excluding hydrogens is 273 g/mol. The fourth-order valence-corrected chi connectivity index (χ4v) is 1.68. The normalized spacial score (nSPS) is 10.3. The van der Waals surface area contributed by atoms with Gasteiger partial charge in [-0.05, 0) is 31.2 Å². The Morgan fingerprint density at radius 2 is 2.11 bits per heavy atom. The first-order chi connectivity index (χ1) is 8.95. The van der Waals surface area contributed by atoms with Crippen LogP contribution in [0.3, 0.4) is 0 Å². The van der Waals surface area contributed by atoms with Crippen molar-refractivity contribution >= 4 is 23.5 Å². The Kier molecular flexibility index (Phi) is 3.62. The minimum Gasteiger partial charge on any atom is -0.507 e. The number of aromatic nitrogens is 2. The zero-order valence-electron chi connectivity index (χ0n) is 9.82. The molecule has 19 heavy (non-hydrogen) atoms. The van der Waals surface area contributed by atoms with Crippen molar-refractivity contribution in [2.45, 2.75) is 6.92 Å². The van der Waals surface area contributed by atoms with E-state index in [1.807, 2.05) is 0 Å². The molecule has 98 valence electrons. The highest BCUT2D eigenvalue weighted by atomic mass is 35.5. The number of aromatic hydroxyl groups is 1. The molecule has 0 aliphatic rings. The van der Waals surface area contributed by atoms with E-state index in [0.717, 1.165) is 18.2 Å². The Morgan fingerprint density at radius 3 is 2.79 bits per heavy atom. The summed E-state index contributed by atoms with van der Waals surface area (Å²) in [6.45, 7) is 1.68. The summed E-state index contributed by atoms with van der Waals surface area (Å²) in [5, 5.41) is 12.0. The third-order valence-electron chi connectivity index (χ3n) is 2.25. The monoisotopic (exact) mass is 281 g/mol. The smallest absolute Gasteiger partial charge is 0.261 e. The summed E-state index contributed by atoms with van der Waals surface area (Å²) in [6.07, 6.45) is 0. The lowest BCUT2D eigenvalue weighted by atomic mass is 10.2. The number of halogens is 2. The van der Waals surface area contributed by atoms with E-state index in [1.54, 1.807) is 6.92 Å². The summed E-state index contributed by atoms with van der Waals surface area (Å²) >= 11 is 5.72. The standard InChI is InChI=1S/C12H9ClFN3O2/c1-6-4-10(13)16-12(15-6)17-11(19)8-5-7(14)2-3-9(8)18/h2-5,18H,1H3,(H,15,16,17,19). The number of amides is 1. The van der Waals surface area contributed by atoms with Crippen LogP contribution >= 0.6 is 11.6 Å². The van der Waals surface area contributed by atoms with Gasteiger partial charge >= 0.3 is 0 Å². The molecule has 1 amide bonds. The number of carbonyl (C=O) groups is 1. The lowest BCUT2D eigenvalue weighted by molar-refractivity contribution is 0.102.